The molecule has 1 aliphatic rings. The first-order chi connectivity index (χ1) is 7.98. The molecular weight excluding hydrogens is 276 g/mol. The summed E-state index contributed by atoms with van der Waals surface area (Å²) in [6.45, 7) is 0. The lowest BCUT2D eigenvalue weighted by Crippen LogP contribution is -3.00. The van der Waals surface area contributed by atoms with Gasteiger partial charge in [0.15, 0.2) is 9.84 Å². The SMILES string of the molecule is NC1CS(=O)(=O)CC1NC(=O)c1ccccc1.[Cl-]. The number of amides is 1. The van der Waals surface area contributed by atoms with E-state index in [1.54, 1.807) is 24.3 Å². The smallest absolute Gasteiger partial charge is 0.251 e. The van der Waals surface area contributed by atoms with Gasteiger partial charge >= 0.3 is 0 Å². The Morgan fingerprint density at radius 3 is 2.33 bits per heavy atom. The maximum absolute atomic E-state index is 11.8. The van der Waals surface area contributed by atoms with Crippen LogP contribution in [0.3, 0.4) is 0 Å². The van der Waals surface area contributed by atoms with Crippen LogP contribution in [0.2, 0.25) is 0 Å². The van der Waals surface area contributed by atoms with Crippen LogP contribution in [0.15, 0.2) is 30.3 Å². The van der Waals surface area contributed by atoms with Crippen LogP contribution in [0.5, 0.6) is 0 Å². The summed E-state index contributed by atoms with van der Waals surface area (Å²) < 4.78 is 22.7. The lowest BCUT2D eigenvalue weighted by Gasteiger charge is -2.15. The van der Waals surface area contributed by atoms with E-state index in [1.165, 1.54) is 0 Å². The van der Waals surface area contributed by atoms with Crippen molar-refractivity contribution in [1.82, 2.24) is 5.32 Å². The zero-order valence-corrected chi connectivity index (χ0v) is 11.1. The summed E-state index contributed by atoms with van der Waals surface area (Å²) in [4.78, 5) is 11.8. The summed E-state index contributed by atoms with van der Waals surface area (Å²) in [5.74, 6) is -0.428. The number of carbonyl (C=O) groups excluding carboxylic acids is 1. The van der Waals surface area contributed by atoms with E-state index in [-0.39, 0.29) is 29.8 Å². The van der Waals surface area contributed by atoms with Crippen molar-refractivity contribution in [1.29, 1.82) is 0 Å². The molecule has 5 nitrogen and oxygen atoms in total. The monoisotopic (exact) mass is 289 g/mol. The summed E-state index contributed by atoms with van der Waals surface area (Å²) in [6.07, 6.45) is 0. The number of sulfone groups is 1. The molecule has 1 heterocycles. The van der Waals surface area contributed by atoms with Gasteiger partial charge in [-0.25, -0.2) is 8.42 Å². The predicted molar refractivity (Wildman–Crippen MR) is 64.3 cm³/mol. The largest absolute Gasteiger partial charge is 1.00 e. The molecule has 0 radical (unpaired) electrons. The lowest BCUT2D eigenvalue weighted by atomic mass is 10.1. The van der Waals surface area contributed by atoms with Gasteiger partial charge in [-0.15, -0.1) is 0 Å². The van der Waals surface area contributed by atoms with Crippen molar-refractivity contribution in [2.24, 2.45) is 5.73 Å². The minimum Gasteiger partial charge on any atom is -1.00 e. The van der Waals surface area contributed by atoms with Gasteiger partial charge in [0.1, 0.15) is 0 Å². The van der Waals surface area contributed by atoms with Crippen molar-refractivity contribution in [2.45, 2.75) is 12.1 Å². The van der Waals surface area contributed by atoms with Crippen molar-refractivity contribution in [2.75, 3.05) is 11.5 Å². The molecule has 0 saturated carbocycles. The van der Waals surface area contributed by atoms with Crippen LogP contribution in [-0.2, 0) is 9.84 Å². The molecule has 2 unspecified atom stereocenters. The third-order valence-electron chi connectivity index (χ3n) is 2.75. The Balaban J connectivity index is 0.00000162. The lowest BCUT2D eigenvalue weighted by molar-refractivity contribution is -0.0000146. The first-order valence-corrected chi connectivity index (χ1v) is 7.12. The molecule has 2 rings (SSSR count). The molecule has 7 heteroatoms. The molecule has 1 amide bonds. The number of benzene rings is 1. The molecule has 1 aromatic rings. The standard InChI is InChI=1S/C11H14N2O3S.ClH/c12-9-6-17(15,16)7-10(9)13-11(14)8-4-2-1-3-5-8;/h1-5,9-10H,6-7,12H2,(H,13,14);1H/p-1. The van der Waals surface area contributed by atoms with E-state index in [0.717, 1.165) is 0 Å². The predicted octanol–water partition coefficient (Wildman–Crippen LogP) is -3.46. The maximum Gasteiger partial charge on any atom is 0.251 e. The molecule has 0 aromatic heterocycles. The normalized spacial score (nSPS) is 25.2. The first kappa shape index (κ1) is 14.9. The molecule has 1 saturated heterocycles. The van der Waals surface area contributed by atoms with E-state index >= 15 is 0 Å². The Bertz CT molecular complexity index is 518. The Hall–Kier alpha value is -1.11. The van der Waals surface area contributed by atoms with E-state index in [0.29, 0.717) is 5.56 Å². The van der Waals surface area contributed by atoms with Crippen molar-refractivity contribution in [3.8, 4) is 0 Å². The molecule has 1 fully saturated rings. The number of hydrogen-bond donors (Lipinski definition) is 2. The average Bonchev–Trinajstić information content (AvgIpc) is 2.53. The Labute approximate surface area is 112 Å². The number of halogens is 1. The van der Waals surface area contributed by atoms with E-state index in [2.05, 4.69) is 5.32 Å². The van der Waals surface area contributed by atoms with Gasteiger partial charge in [0.2, 0.25) is 0 Å². The van der Waals surface area contributed by atoms with Gasteiger partial charge in [0.05, 0.1) is 17.5 Å². The minimum atomic E-state index is -3.11. The van der Waals surface area contributed by atoms with Gasteiger partial charge < -0.3 is 23.5 Å². The molecule has 1 aliphatic heterocycles. The summed E-state index contributed by atoms with van der Waals surface area (Å²) in [6, 6.07) is 7.64. The topological polar surface area (TPSA) is 89.3 Å². The summed E-state index contributed by atoms with van der Waals surface area (Å²) in [5, 5.41) is 2.66. The second-order valence-electron chi connectivity index (χ2n) is 4.19. The highest BCUT2D eigenvalue weighted by molar-refractivity contribution is 7.91. The zero-order valence-electron chi connectivity index (χ0n) is 9.54. The number of nitrogens with two attached hydrogens (primary N) is 1. The molecular formula is C11H14ClN2O3S-. The van der Waals surface area contributed by atoms with Gasteiger partial charge in [-0.05, 0) is 12.1 Å². The molecule has 0 aliphatic carbocycles. The van der Waals surface area contributed by atoms with Crippen LogP contribution >= 0.6 is 0 Å². The molecule has 2 atom stereocenters. The van der Waals surface area contributed by atoms with Crippen molar-refractivity contribution < 1.29 is 25.6 Å². The van der Waals surface area contributed by atoms with E-state index in [9.17, 15) is 13.2 Å². The molecule has 0 bridgehead atoms. The van der Waals surface area contributed by atoms with Gasteiger partial charge in [0.25, 0.3) is 5.91 Å². The molecule has 18 heavy (non-hydrogen) atoms. The quantitative estimate of drug-likeness (QED) is 0.592. The first-order valence-electron chi connectivity index (χ1n) is 5.30. The van der Waals surface area contributed by atoms with E-state index in [4.69, 9.17) is 5.73 Å². The van der Waals surface area contributed by atoms with Gasteiger partial charge in [0, 0.05) is 11.6 Å². The van der Waals surface area contributed by atoms with E-state index in [1.807, 2.05) is 6.07 Å². The summed E-state index contributed by atoms with van der Waals surface area (Å²) >= 11 is 0. The number of nitrogens with one attached hydrogen (secondary N) is 1. The second kappa shape index (κ2) is 5.69. The number of hydrogen-bond acceptors (Lipinski definition) is 4. The molecule has 1 aromatic carbocycles. The van der Waals surface area contributed by atoms with Crippen LogP contribution in [0.25, 0.3) is 0 Å². The van der Waals surface area contributed by atoms with Crippen LogP contribution in [-0.4, -0.2) is 37.9 Å². The van der Waals surface area contributed by atoms with Crippen LogP contribution in [0.1, 0.15) is 10.4 Å². The van der Waals surface area contributed by atoms with Crippen molar-refractivity contribution in [3.63, 3.8) is 0 Å². The fourth-order valence-electron chi connectivity index (χ4n) is 1.86. The van der Waals surface area contributed by atoms with Crippen molar-refractivity contribution in [3.05, 3.63) is 35.9 Å². The Morgan fingerprint density at radius 1 is 1.22 bits per heavy atom. The molecule has 100 valence electrons. The molecule has 3 N–H and O–H groups in total. The van der Waals surface area contributed by atoms with Crippen LogP contribution < -0.4 is 23.5 Å². The van der Waals surface area contributed by atoms with Gasteiger partial charge in [-0.3, -0.25) is 4.79 Å². The van der Waals surface area contributed by atoms with Crippen LogP contribution in [0, 0.1) is 0 Å². The highest BCUT2D eigenvalue weighted by Crippen LogP contribution is 2.11. The third-order valence-corrected chi connectivity index (χ3v) is 4.51. The Kier molecular flexibility index (Phi) is 4.72. The third kappa shape index (κ3) is 3.44. The van der Waals surface area contributed by atoms with Gasteiger partial charge in [-0.1, -0.05) is 18.2 Å². The zero-order chi connectivity index (χ0) is 12.5. The fraction of sp³-hybridized carbons (Fsp3) is 0.364. The second-order valence-corrected chi connectivity index (χ2v) is 6.34. The van der Waals surface area contributed by atoms with E-state index < -0.39 is 21.9 Å². The Morgan fingerprint density at radius 2 is 1.83 bits per heavy atom. The van der Waals surface area contributed by atoms with Gasteiger partial charge in [-0.2, -0.15) is 0 Å². The summed E-state index contributed by atoms with van der Waals surface area (Å²) in [7, 11) is -3.11. The van der Waals surface area contributed by atoms with Crippen LogP contribution in [0.4, 0.5) is 0 Å². The number of carbonyl (C=O) groups is 1. The highest BCUT2D eigenvalue weighted by atomic mass is 35.5. The minimum absolute atomic E-state index is 0. The van der Waals surface area contributed by atoms with Crippen molar-refractivity contribution >= 4 is 15.7 Å². The maximum atomic E-state index is 11.8. The summed E-state index contributed by atoms with van der Waals surface area (Å²) in [5.41, 5.74) is 6.19. The highest BCUT2D eigenvalue weighted by Gasteiger charge is 2.36. The average molecular weight is 290 g/mol. The fourth-order valence-corrected chi connectivity index (χ4v) is 3.70. The molecule has 0 spiro atoms. The number of rotatable bonds is 2.